The molecule has 7 heteroatoms. The minimum Gasteiger partial charge on any atom is -0.383 e. The second-order valence-corrected chi connectivity index (χ2v) is 5.40. The summed E-state index contributed by atoms with van der Waals surface area (Å²) in [4.78, 5) is 15.0. The van der Waals surface area contributed by atoms with Crippen LogP contribution in [-0.4, -0.2) is 33.6 Å². The molecule has 0 aliphatic rings. The molecular weight excluding hydrogens is 300 g/mol. The van der Waals surface area contributed by atoms with Crippen LogP contribution >= 0.6 is 11.6 Å². The number of halogens is 1. The lowest BCUT2D eigenvalue weighted by atomic mass is 10.3. The number of fused-ring (bicyclic) bond motifs is 1. The maximum Gasteiger partial charge on any atom is 0.157 e. The number of rotatable bonds is 4. The summed E-state index contributed by atoms with van der Waals surface area (Å²) in [6.07, 6.45) is 1.46. The van der Waals surface area contributed by atoms with Crippen molar-refractivity contribution in [2.45, 2.75) is 6.54 Å². The Labute approximate surface area is 133 Å². The Balaban J connectivity index is 1.95. The molecule has 0 spiro atoms. The molecule has 3 aromatic rings. The van der Waals surface area contributed by atoms with Gasteiger partial charge in [-0.15, -0.1) is 0 Å². The van der Waals surface area contributed by atoms with Gasteiger partial charge in [0.15, 0.2) is 11.0 Å². The van der Waals surface area contributed by atoms with Crippen molar-refractivity contribution >= 4 is 34.1 Å². The van der Waals surface area contributed by atoms with Crippen LogP contribution in [0.2, 0.25) is 5.15 Å². The molecule has 6 nitrogen and oxygen atoms in total. The molecule has 2 aromatic heterocycles. The number of benzene rings is 1. The molecule has 0 radical (unpaired) electrons. The molecule has 1 N–H and O–H groups in total. The van der Waals surface area contributed by atoms with E-state index in [0.717, 1.165) is 22.7 Å². The van der Waals surface area contributed by atoms with Gasteiger partial charge in [0.05, 0.1) is 17.6 Å². The summed E-state index contributed by atoms with van der Waals surface area (Å²) < 4.78 is 2.09. The van der Waals surface area contributed by atoms with E-state index in [1.54, 1.807) is 7.05 Å². The Morgan fingerprint density at radius 3 is 2.77 bits per heavy atom. The van der Waals surface area contributed by atoms with Crippen molar-refractivity contribution in [1.82, 2.24) is 19.5 Å². The number of imidazole rings is 1. The fraction of sp³-hybridized carbons (Fsp3) is 0.267. The van der Waals surface area contributed by atoms with Crippen molar-refractivity contribution in [2.24, 2.45) is 7.05 Å². The lowest BCUT2D eigenvalue weighted by Gasteiger charge is -2.20. The van der Waals surface area contributed by atoms with Gasteiger partial charge in [0, 0.05) is 21.1 Å². The van der Waals surface area contributed by atoms with Gasteiger partial charge in [-0.2, -0.15) is 0 Å². The third-order valence-electron chi connectivity index (χ3n) is 3.65. The highest BCUT2D eigenvalue weighted by atomic mass is 35.5. The van der Waals surface area contributed by atoms with Crippen LogP contribution in [-0.2, 0) is 13.6 Å². The predicted octanol–water partition coefficient (Wildman–Crippen LogP) is 2.69. The molecular formula is C15H17ClN6. The lowest BCUT2D eigenvalue weighted by molar-refractivity contribution is 0.768. The first-order chi connectivity index (χ1) is 10.6. The van der Waals surface area contributed by atoms with Crippen LogP contribution in [0.4, 0.5) is 11.5 Å². The molecule has 0 bridgehead atoms. The van der Waals surface area contributed by atoms with Gasteiger partial charge in [0.25, 0.3) is 0 Å². The van der Waals surface area contributed by atoms with E-state index in [0.29, 0.717) is 17.4 Å². The van der Waals surface area contributed by atoms with Gasteiger partial charge in [0.1, 0.15) is 17.8 Å². The van der Waals surface area contributed by atoms with Gasteiger partial charge in [-0.3, -0.25) is 0 Å². The zero-order valence-electron chi connectivity index (χ0n) is 12.7. The molecule has 0 atom stereocenters. The number of para-hydroxylation sites is 2. The van der Waals surface area contributed by atoms with Crippen molar-refractivity contribution in [3.63, 3.8) is 0 Å². The standard InChI is InChI=1S/C15H17ClN6/c1-17-13-14(16)18-9-19-15(13)21(2)8-12-20-10-6-4-5-7-11(10)22(12)3/h4-7,9,17H,8H2,1-3H3. The average molecular weight is 317 g/mol. The largest absolute Gasteiger partial charge is 0.383 e. The molecule has 2 heterocycles. The van der Waals surface area contributed by atoms with E-state index < -0.39 is 0 Å². The molecule has 0 fully saturated rings. The van der Waals surface area contributed by atoms with Crippen molar-refractivity contribution in [1.29, 1.82) is 0 Å². The van der Waals surface area contributed by atoms with Crippen LogP contribution < -0.4 is 10.2 Å². The lowest BCUT2D eigenvalue weighted by Crippen LogP contribution is -2.21. The summed E-state index contributed by atoms with van der Waals surface area (Å²) in [7, 11) is 5.78. The van der Waals surface area contributed by atoms with Gasteiger partial charge in [-0.1, -0.05) is 23.7 Å². The van der Waals surface area contributed by atoms with E-state index in [1.807, 2.05) is 37.2 Å². The summed E-state index contributed by atoms with van der Waals surface area (Å²) in [5.74, 6) is 1.70. The minimum absolute atomic E-state index is 0.407. The molecule has 0 saturated heterocycles. The molecule has 0 aliphatic carbocycles. The quantitative estimate of drug-likeness (QED) is 0.750. The summed E-state index contributed by atoms with van der Waals surface area (Å²) in [6.45, 7) is 0.618. The SMILES string of the molecule is CNc1c(Cl)ncnc1N(C)Cc1nc2ccccc2n1C. The topological polar surface area (TPSA) is 58.9 Å². The number of anilines is 2. The Kier molecular flexibility index (Phi) is 3.85. The van der Waals surface area contributed by atoms with Crippen molar-refractivity contribution < 1.29 is 0 Å². The number of aryl methyl sites for hydroxylation is 1. The normalized spacial score (nSPS) is 10.9. The Bertz CT molecular complexity index is 813. The molecule has 0 unspecified atom stereocenters. The molecule has 0 amide bonds. The molecule has 114 valence electrons. The number of nitrogens with zero attached hydrogens (tertiary/aromatic N) is 5. The monoisotopic (exact) mass is 316 g/mol. The Morgan fingerprint density at radius 1 is 1.27 bits per heavy atom. The molecule has 3 rings (SSSR count). The zero-order valence-corrected chi connectivity index (χ0v) is 13.5. The Hall–Kier alpha value is -2.34. The predicted molar refractivity (Wildman–Crippen MR) is 89.4 cm³/mol. The second-order valence-electron chi connectivity index (χ2n) is 5.04. The van der Waals surface area contributed by atoms with Crippen LogP contribution in [0.1, 0.15) is 5.82 Å². The van der Waals surface area contributed by atoms with Crippen LogP contribution in [0.15, 0.2) is 30.6 Å². The molecule has 22 heavy (non-hydrogen) atoms. The second kappa shape index (κ2) is 5.81. The highest BCUT2D eigenvalue weighted by Gasteiger charge is 2.15. The first-order valence-corrected chi connectivity index (χ1v) is 7.29. The van der Waals surface area contributed by atoms with Gasteiger partial charge >= 0.3 is 0 Å². The Morgan fingerprint density at radius 2 is 2.05 bits per heavy atom. The number of nitrogens with one attached hydrogen (secondary N) is 1. The molecule has 0 aliphatic heterocycles. The van der Waals surface area contributed by atoms with Crippen molar-refractivity contribution in [2.75, 3.05) is 24.3 Å². The first-order valence-electron chi connectivity index (χ1n) is 6.91. The summed E-state index contributed by atoms with van der Waals surface area (Å²) >= 11 is 6.11. The number of hydrogen-bond acceptors (Lipinski definition) is 5. The third kappa shape index (κ3) is 2.46. The van der Waals surface area contributed by atoms with Gasteiger partial charge in [-0.05, 0) is 12.1 Å². The highest BCUT2D eigenvalue weighted by Crippen LogP contribution is 2.28. The van der Waals surface area contributed by atoms with Crippen molar-refractivity contribution in [3.8, 4) is 0 Å². The van der Waals surface area contributed by atoms with Crippen molar-refractivity contribution in [3.05, 3.63) is 41.6 Å². The third-order valence-corrected chi connectivity index (χ3v) is 3.94. The average Bonchev–Trinajstić information content (AvgIpc) is 2.83. The number of hydrogen-bond donors (Lipinski definition) is 1. The van der Waals surface area contributed by atoms with Crippen LogP contribution in [0.5, 0.6) is 0 Å². The highest BCUT2D eigenvalue weighted by molar-refractivity contribution is 6.32. The van der Waals surface area contributed by atoms with Gasteiger partial charge < -0.3 is 14.8 Å². The van der Waals surface area contributed by atoms with Crippen LogP contribution in [0, 0.1) is 0 Å². The number of aromatic nitrogens is 4. The fourth-order valence-electron chi connectivity index (χ4n) is 2.48. The summed E-state index contributed by atoms with van der Waals surface area (Å²) in [5.41, 5.74) is 2.81. The van der Waals surface area contributed by atoms with E-state index in [4.69, 9.17) is 11.6 Å². The van der Waals surface area contributed by atoms with Gasteiger partial charge in [-0.25, -0.2) is 15.0 Å². The van der Waals surface area contributed by atoms with Gasteiger partial charge in [0.2, 0.25) is 0 Å². The fourth-order valence-corrected chi connectivity index (χ4v) is 2.71. The van der Waals surface area contributed by atoms with Crippen LogP contribution in [0.25, 0.3) is 11.0 Å². The van der Waals surface area contributed by atoms with E-state index >= 15 is 0 Å². The first kappa shape index (κ1) is 14.6. The minimum atomic E-state index is 0.407. The van der Waals surface area contributed by atoms with E-state index in [1.165, 1.54) is 6.33 Å². The van der Waals surface area contributed by atoms with E-state index in [-0.39, 0.29) is 0 Å². The maximum absolute atomic E-state index is 6.11. The summed E-state index contributed by atoms with van der Waals surface area (Å²) in [6, 6.07) is 8.08. The van der Waals surface area contributed by atoms with E-state index in [9.17, 15) is 0 Å². The van der Waals surface area contributed by atoms with E-state index in [2.05, 4.69) is 30.9 Å². The summed E-state index contributed by atoms with van der Waals surface area (Å²) in [5, 5.41) is 3.45. The van der Waals surface area contributed by atoms with Crippen LogP contribution in [0.3, 0.4) is 0 Å². The smallest absolute Gasteiger partial charge is 0.157 e. The zero-order chi connectivity index (χ0) is 15.7. The molecule has 0 saturated carbocycles. The maximum atomic E-state index is 6.11. The molecule has 1 aromatic carbocycles.